The van der Waals surface area contributed by atoms with E-state index < -0.39 is 0 Å². The third kappa shape index (κ3) is 3.87. The Morgan fingerprint density at radius 1 is 0.750 bits per heavy atom. The number of rotatable bonds is 4. The second-order valence-electron chi connectivity index (χ2n) is 5.75. The van der Waals surface area contributed by atoms with E-state index in [1.54, 1.807) is 18.2 Å². The number of hydrogen-bond acceptors (Lipinski definition) is 4. The van der Waals surface area contributed by atoms with Crippen molar-refractivity contribution in [2.24, 2.45) is 0 Å². The van der Waals surface area contributed by atoms with Crippen LogP contribution in [0.15, 0.2) is 48.5 Å². The minimum absolute atomic E-state index is 0.292. The van der Waals surface area contributed by atoms with Crippen LogP contribution in [0.3, 0.4) is 0 Å². The molecule has 0 fully saturated rings. The molecule has 4 nitrogen and oxygen atoms in total. The second-order valence-corrected chi connectivity index (χ2v) is 5.75. The molecule has 0 aliphatic heterocycles. The number of nitrogens with one attached hydrogen (secondary N) is 2. The summed E-state index contributed by atoms with van der Waals surface area (Å²) in [4.78, 5) is 8.75. The van der Waals surface area contributed by atoms with Gasteiger partial charge >= 0.3 is 0 Å². The zero-order valence-corrected chi connectivity index (χ0v) is 13.9. The van der Waals surface area contributed by atoms with Crippen LogP contribution in [0, 0.1) is 26.6 Å². The number of benzene rings is 2. The first-order valence-electron chi connectivity index (χ1n) is 7.72. The molecular weight excluding hydrogens is 303 g/mol. The van der Waals surface area contributed by atoms with Crippen LogP contribution in [-0.2, 0) is 0 Å². The third-order valence-corrected chi connectivity index (χ3v) is 3.71. The highest BCUT2D eigenvalue weighted by molar-refractivity contribution is 5.63. The zero-order chi connectivity index (χ0) is 17.1. The van der Waals surface area contributed by atoms with Crippen molar-refractivity contribution in [1.29, 1.82) is 0 Å². The highest BCUT2D eigenvalue weighted by Crippen LogP contribution is 2.22. The summed E-state index contributed by atoms with van der Waals surface area (Å²) in [5, 5.41) is 6.39. The van der Waals surface area contributed by atoms with Gasteiger partial charge in [-0.05, 0) is 62.2 Å². The van der Waals surface area contributed by atoms with Crippen LogP contribution in [0.1, 0.15) is 17.0 Å². The Hall–Kier alpha value is -2.95. The molecule has 0 atom stereocenters. The van der Waals surface area contributed by atoms with E-state index in [0.717, 1.165) is 5.69 Å². The van der Waals surface area contributed by atoms with Gasteiger partial charge < -0.3 is 10.6 Å². The highest BCUT2D eigenvalue weighted by atomic mass is 19.1. The van der Waals surface area contributed by atoms with Gasteiger partial charge in [-0.3, -0.25) is 0 Å². The lowest BCUT2D eigenvalue weighted by atomic mass is 10.1. The topological polar surface area (TPSA) is 49.8 Å². The molecule has 122 valence electrons. The monoisotopic (exact) mass is 322 g/mol. The predicted octanol–water partition coefficient (Wildman–Crippen LogP) is 5.03. The Kier molecular flexibility index (Phi) is 4.42. The van der Waals surface area contributed by atoms with Gasteiger partial charge in [-0.15, -0.1) is 0 Å². The first kappa shape index (κ1) is 15.9. The molecule has 0 aliphatic carbocycles. The SMILES string of the molecule is Cc1nc(Nc2cccc(F)c2)cc(Nc2ccc(C)c(C)c2)n1. The molecule has 0 saturated carbocycles. The molecule has 0 bridgehead atoms. The fraction of sp³-hybridized carbons (Fsp3) is 0.158. The predicted molar refractivity (Wildman–Crippen MR) is 95.7 cm³/mol. The molecule has 2 N–H and O–H groups in total. The van der Waals surface area contributed by atoms with Crippen molar-refractivity contribution in [3.05, 3.63) is 71.3 Å². The van der Waals surface area contributed by atoms with E-state index in [1.807, 2.05) is 13.0 Å². The number of hydrogen-bond donors (Lipinski definition) is 2. The molecule has 3 aromatic rings. The molecule has 0 saturated heterocycles. The van der Waals surface area contributed by atoms with Crippen LogP contribution in [0.4, 0.5) is 27.4 Å². The van der Waals surface area contributed by atoms with Crippen LogP contribution >= 0.6 is 0 Å². The maximum Gasteiger partial charge on any atom is 0.136 e. The van der Waals surface area contributed by atoms with Gasteiger partial charge in [-0.2, -0.15) is 0 Å². The average molecular weight is 322 g/mol. The van der Waals surface area contributed by atoms with Crippen LogP contribution in [0.25, 0.3) is 0 Å². The molecule has 5 heteroatoms. The molecular formula is C19H19FN4. The van der Waals surface area contributed by atoms with E-state index in [2.05, 4.69) is 46.6 Å². The van der Waals surface area contributed by atoms with E-state index in [4.69, 9.17) is 0 Å². The van der Waals surface area contributed by atoms with Gasteiger partial charge in [0.25, 0.3) is 0 Å². The Labute approximate surface area is 140 Å². The first-order valence-corrected chi connectivity index (χ1v) is 7.72. The van der Waals surface area contributed by atoms with Crippen LogP contribution < -0.4 is 10.6 Å². The van der Waals surface area contributed by atoms with E-state index in [9.17, 15) is 4.39 Å². The Balaban J connectivity index is 1.84. The van der Waals surface area contributed by atoms with Crippen molar-refractivity contribution in [2.45, 2.75) is 20.8 Å². The van der Waals surface area contributed by atoms with Crippen molar-refractivity contribution < 1.29 is 4.39 Å². The lowest BCUT2D eigenvalue weighted by Crippen LogP contribution is -2.02. The van der Waals surface area contributed by atoms with E-state index in [0.29, 0.717) is 23.1 Å². The number of anilines is 4. The van der Waals surface area contributed by atoms with Crippen LogP contribution in [0.5, 0.6) is 0 Å². The molecule has 2 aromatic carbocycles. The largest absolute Gasteiger partial charge is 0.340 e. The van der Waals surface area contributed by atoms with Gasteiger partial charge in [-0.1, -0.05) is 12.1 Å². The van der Waals surface area contributed by atoms with Crippen LogP contribution in [0.2, 0.25) is 0 Å². The Morgan fingerprint density at radius 3 is 2.04 bits per heavy atom. The fourth-order valence-corrected chi connectivity index (χ4v) is 2.38. The molecule has 3 rings (SSSR count). The van der Waals surface area contributed by atoms with E-state index in [1.165, 1.54) is 23.3 Å². The van der Waals surface area contributed by atoms with Gasteiger partial charge in [-0.25, -0.2) is 14.4 Å². The lowest BCUT2D eigenvalue weighted by Gasteiger charge is -2.11. The normalized spacial score (nSPS) is 10.5. The van der Waals surface area contributed by atoms with Crippen LogP contribution in [-0.4, -0.2) is 9.97 Å². The molecule has 0 amide bonds. The summed E-state index contributed by atoms with van der Waals surface area (Å²) in [6.07, 6.45) is 0. The molecule has 0 spiro atoms. The molecule has 1 heterocycles. The van der Waals surface area contributed by atoms with Crippen molar-refractivity contribution in [1.82, 2.24) is 9.97 Å². The van der Waals surface area contributed by atoms with E-state index >= 15 is 0 Å². The van der Waals surface area contributed by atoms with Gasteiger partial charge in [0.2, 0.25) is 0 Å². The second kappa shape index (κ2) is 6.66. The van der Waals surface area contributed by atoms with Gasteiger partial charge in [0.05, 0.1) is 0 Å². The molecule has 0 radical (unpaired) electrons. The fourth-order valence-electron chi connectivity index (χ4n) is 2.38. The Morgan fingerprint density at radius 2 is 1.42 bits per heavy atom. The minimum atomic E-state index is -0.292. The Bertz CT molecular complexity index is 877. The first-order chi connectivity index (χ1) is 11.5. The van der Waals surface area contributed by atoms with E-state index in [-0.39, 0.29) is 5.82 Å². The molecule has 24 heavy (non-hydrogen) atoms. The van der Waals surface area contributed by atoms with Crippen molar-refractivity contribution >= 4 is 23.0 Å². The average Bonchev–Trinajstić information content (AvgIpc) is 2.50. The minimum Gasteiger partial charge on any atom is -0.340 e. The number of aromatic nitrogens is 2. The standard InChI is InChI=1S/C19H19FN4/c1-12-7-8-17(9-13(12)2)24-19-11-18(21-14(3)22-19)23-16-6-4-5-15(20)10-16/h4-11H,1-3H3,(H2,21,22,23,24). The maximum atomic E-state index is 13.3. The van der Waals surface area contributed by atoms with Crippen molar-refractivity contribution in [3.63, 3.8) is 0 Å². The maximum absolute atomic E-state index is 13.3. The zero-order valence-electron chi connectivity index (χ0n) is 13.9. The summed E-state index contributed by atoms with van der Waals surface area (Å²) in [6.45, 7) is 5.97. The smallest absolute Gasteiger partial charge is 0.136 e. The number of nitrogens with zero attached hydrogens (tertiary/aromatic N) is 2. The number of halogens is 1. The third-order valence-electron chi connectivity index (χ3n) is 3.71. The summed E-state index contributed by atoms with van der Waals surface area (Å²) < 4.78 is 13.3. The van der Waals surface area contributed by atoms with Crippen molar-refractivity contribution in [3.8, 4) is 0 Å². The van der Waals surface area contributed by atoms with Gasteiger partial charge in [0.1, 0.15) is 23.3 Å². The summed E-state index contributed by atoms with van der Waals surface area (Å²) in [7, 11) is 0. The lowest BCUT2D eigenvalue weighted by molar-refractivity contribution is 0.628. The quantitative estimate of drug-likeness (QED) is 0.707. The van der Waals surface area contributed by atoms with Gasteiger partial charge in [0.15, 0.2) is 0 Å². The molecule has 1 aromatic heterocycles. The van der Waals surface area contributed by atoms with Gasteiger partial charge in [0, 0.05) is 17.4 Å². The molecule has 0 aliphatic rings. The summed E-state index contributed by atoms with van der Waals surface area (Å²) in [6, 6.07) is 14.2. The number of aryl methyl sites for hydroxylation is 3. The summed E-state index contributed by atoms with van der Waals surface area (Å²) in [5.74, 6) is 1.63. The molecule has 0 unspecified atom stereocenters. The summed E-state index contributed by atoms with van der Waals surface area (Å²) in [5.41, 5.74) is 4.06. The van der Waals surface area contributed by atoms with Crippen molar-refractivity contribution in [2.75, 3.05) is 10.6 Å². The highest BCUT2D eigenvalue weighted by Gasteiger charge is 2.05. The summed E-state index contributed by atoms with van der Waals surface area (Å²) >= 11 is 0.